The minimum Gasteiger partial charge on any atom is -0.316 e. The molecule has 1 aliphatic heterocycles. The molecule has 2 heterocycles. The molecule has 1 aromatic rings. The summed E-state index contributed by atoms with van der Waals surface area (Å²) < 4.78 is 25.2. The maximum absolute atomic E-state index is 11.6. The molecule has 108 valence electrons. The maximum atomic E-state index is 11.6. The zero-order valence-corrected chi connectivity index (χ0v) is 12.7. The van der Waals surface area contributed by atoms with Gasteiger partial charge in [-0.3, -0.25) is 4.68 Å². The number of hydrogen-bond acceptors (Lipinski definition) is 4. The van der Waals surface area contributed by atoms with Gasteiger partial charge in [0.15, 0.2) is 9.84 Å². The van der Waals surface area contributed by atoms with Crippen LogP contribution in [0.3, 0.4) is 0 Å². The molecule has 2 unspecified atom stereocenters. The smallest absolute Gasteiger partial charge is 0.150 e. The molecular weight excluding hydrogens is 262 g/mol. The summed E-state index contributed by atoms with van der Waals surface area (Å²) >= 11 is 0. The number of nitrogens with one attached hydrogen (secondary N) is 1. The third-order valence-corrected chi connectivity index (χ3v) is 5.72. The Morgan fingerprint density at radius 2 is 2.32 bits per heavy atom. The second kappa shape index (κ2) is 5.63. The average molecular weight is 285 g/mol. The summed E-state index contributed by atoms with van der Waals surface area (Å²) in [7, 11) is -0.904. The lowest BCUT2D eigenvalue weighted by molar-refractivity contribution is 0.393. The predicted molar refractivity (Wildman–Crippen MR) is 76.0 cm³/mol. The number of likely N-dealkylation sites (N-methyl/N-ethyl adjacent to an activating group) is 1. The molecule has 0 radical (unpaired) electrons. The summed E-state index contributed by atoms with van der Waals surface area (Å²) in [5.41, 5.74) is 2.20. The summed E-state index contributed by atoms with van der Waals surface area (Å²) in [5, 5.41) is 7.73. The number of aryl methyl sites for hydroxylation is 2. The van der Waals surface area contributed by atoms with E-state index in [1.165, 1.54) is 5.69 Å². The first-order valence-electron chi connectivity index (χ1n) is 6.86. The first-order valence-corrected chi connectivity index (χ1v) is 8.68. The number of nitrogens with zero attached hydrogens (tertiary/aromatic N) is 2. The van der Waals surface area contributed by atoms with Crippen molar-refractivity contribution in [3.63, 3.8) is 0 Å². The monoisotopic (exact) mass is 285 g/mol. The fourth-order valence-electron chi connectivity index (χ4n) is 2.91. The van der Waals surface area contributed by atoms with Crippen LogP contribution < -0.4 is 5.32 Å². The van der Waals surface area contributed by atoms with Crippen molar-refractivity contribution in [1.82, 2.24) is 15.1 Å². The van der Waals surface area contributed by atoms with E-state index in [1.54, 1.807) is 0 Å². The Morgan fingerprint density at radius 3 is 2.84 bits per heavy atom. The topological polar surface area (TPSA) is 64.0 Å². The van der Waals surface area contributed by atoms with Crippen LogP contribution in [0.4, 0.5) is 0 Å². The van der Waals surface area contributed by atoms with Crippen LogP contribution in [-0.4, -0.2) is 42.8 Å². The van der Waals surface area contributed by atoms with Crippen LogP contribution in [0.1, 0.15) is 24.7 Å². The molecule has 0 saturated carbocycles. The van der Waals surface area contributed by atoms with Crippen molar-refractivity contribution in [2.75, 3.05) is 18.6 Å². The van der Waals surface area contributed by atoms with Gasteiger partial charge in [0.05, 0.1) is 17.2 Å². The van der Waals surface area contributed by atoms with Crippen molar-refractivity contribution < 1.29 is 8.42 Å². The molecule has 0 aromatic carbocycles. The summed E-state index contributed by atoms with van der Waals surface area (Å²) in [6.07, 6.45) is 1.61. The number of sulfone groups is 1. The zero-order chi connectivity index (χ0) is 14.0. The largest absolute Gasteiger partial charge is 0.316 e. The summed E-state index contributed by atoms with van der Waals surface area (Å²) in [6, 6.07) is 2.30. The van der Waals surface area contributed by atoms with Gasteiger partial charge in [-0.15, -0.1) is 0 Å². The van der Waals surface area contributed by atoms with Crippen molar-refractivity contribution >= 4 is 9.84 Å². The van der Waals surface area contributed by atoms with Gasteiger partial charge in [0, 0.05) is 24.7 Å². The molecule has 0 bridgehead atoms. The van der Waals surface area contributed by atoms with Crippen molar-refractivity contribution in [3.8, 4) is 0 Å². The summed E-state index contributed by atoms with van der Waals surface area (Å²) in [4.78, 5) is 0. The van der Waals surface area contributed by atoms with Crippen molar-refractivity contribution in [3.05, 3.63) is 17.5 Å². The van der Waals surface area contributed by atoms with Crippen LogP contribution >= 0.6 is 0 Å². The normalized spacial score (nSPS) is 23.6. The third-order valence-electron chi connectivity index (χ3n) is 3.92. The molecule has 2 rings (SSSR count). The highest BCUT2D eigenvalue weighted by atomic mass is 32.2. The molecule has 0 spiro atoms. The molecule has 0 amide bonds. The third kappa shape index (κ3) is 3.36. The van der Waals surface area contributed by atoms with Crippen LogP contribution in [0.2, 0.25) is 0 Å². The van der Waals surface area contributed by atoms with E-state index in [0.29, 0.717) is 11.5 Å². The van der Waals surface area contributed by atoms with E-state index in [4.69, 9.17) is 0 Å². The summed E-state index contributed by atoms with van der Waals surface area (Å²) in [6.45, 7) is 4.91. The Labute approximate surface area is 115 Å². The van der Waals surface area contributed by atoms with E-state index in [1.807, 2.05) is 18.7 Å². The van der Waals surface area contributed by atoms with E-state index in [9.17, 15) is 8.42 Å². The molecule has 2 atom stereocenters. The van der Waals surface area contributed by atoms with E-state index >= 15 is 0 Å². The van der Waals surface area contributed by atoms with Gasteiger partial charge in [-0.25, -0.2) is 8.42 Å². The molecular formula is C13H23N3O2S. The molecule has 6 heteroatoms. The van der Waals surface area contributed by atoms with Crippen molar-refractivity contribution in [2.45, 2.75) is 39.3 Å². The van der Waals surface area contributed by atoms with Gasteiger partial charge in [0.25, 0.3) is 0 Å². The Morgan fingerprint density at radius 1 is 1.58 bits per heavy atom. The minimum absolute atomic E-state index is 0.207. The van der Waals surface area contributed by atoms with Crippen LogP contribution in [0.5, 0.6) is 0 Å². The molecule has 1 aliphatic rings. The highest BCUT2D eigenvalue weighted by Gasteiger charge is 2.33. The van der Waals surface area contributed by atoms with Crippen molar-refractivity contribution in [2.24, 2.45) is 5.92 Å². The van der Waals surface area contributed by atoms with E-state index in [0.717, 1.165) is 25.1 Å². The Hall–Kier alpha value is -0.880. The molecule has 5 nitrogen and oxygen atoms in total. The fraction of sp³-hybridized carbons (Fsp3) is 0.769. The van der Waals surface area contributed by atoms with Crippen LogP contribution in [-0.2, 0) is 22.8 Å². The zero-order valence-electron chi connectivity index (χ0n) is 11.9. The molecule has 0 aliphatic carbocycles. The minimum atomic E-state index is -2.82. The average Bonchev–Trinajstić information content (AvgIpc) is 2.88. The Balaban J connectivity index is 2.11. The molecule has 1 fully saturated rings. The molecule has 1 aromatic heterocycles. The number of rotatable bonds is 5. The lowest BCUT2D eigenvalue weighted by atomic mass is 9.95. The van der Waals surface area contributed by atoms with Gasteiger partial charge < -0.3 is 5.32 Å². The Bertz CT molecular complexity index is 536. The van der Waals surface area contributed by atoms with Gasteiger partial charge >= 0.3 is 0 Å². The predicted octanol–water partition coefficient (Wildman–Crippen LogP) is 0.777. The first kappa shape index (κ1) is 14.5. The second-order valence-electron chi connectivity index (χ2n) is 5.36. The van der Waals surface area contributed by atoms with Crippen LogP contribution in [0.25, 0.3) is 0 Å². The van der Waals surface area contributed by atoms with Gasteiger partial charge in [-0.2, -0.15) is 5.10 Å². The number of aromatic nitrogens is 2. The van der Waals surface area contributed by atoms with Gasteiger partial charge in [0.2, 0.25) is 0 Å². The maximum Gasteiger partial charge on any atom is 0.150 e. The van der Waals surface area contributed by atoms with E-state index in [-0.39, 0.29) is 12.0 Å². The Kier molecular flexibility index (Phi) is 4.30. The number of hydrogen-bond donors (Lipinski definition) is 1. The van der Waals surface area contributed by atoms with Crippen LogP contribution in [0, 0.1) is 12.8 Å². The highest BCUT2D eigenvalue weighted by Crippen LogP contribution is 2.24. The molecule has 19 heavy (non-hydrogen) atoms. The van der Waals surface area contributed by atoms with E-state index < -0.39 is 9.84 Å². The highest BCUT2D eigenvalue weighted by molar-refractivity contribution is 7.91. The van der Waals surface area contributed by atoms with Gasteiger partial charge in [-0.1, -0.05) is 0 Å². The lowest BCUT2D eigenvalue weighted by Crippen LogP contribution is -2.36. The standard InChI is InChI=1S/C13H23N3O2S/c1-4-16-12(7-10(2)15-16)8-13(14-3)11-5-6-19(17,18)9-11/h7,11,13-14H,4-6,8-9H2,1-3H3. The fourth-order valence-corrected chi connectivity index (χ4v) is 4.79. The van der Waals surface area contributed by atoms with Crippen molar-refractivity contribution in [1.29, 1.82) is 0 Å². The van der Waals surface area contributed by atoms with Crippen LogP contribution in [0.15, 0.2) is 6.07 Å². The molecule has 1 saturated heterocycles. The summed E-state index contributed by atoms with van der Waals surface area (Å²) in [5.74, 6) is 0.871. The molecule has 1 N–H and O–H groups in total. The first-order chi connectivity index (χ1) is 8.95. The van der Waals surface area contributed by atoms with Gasteiger partial charge in [0.1, 0.15) is 0 Å². The van der Waals surface area contributed by atoms with Gasteiger partial charge in [-0.05, 0) is 39.3 Å². The van der Waals surface area contributed by atoms with E-state index in [2.05, 4.69) is 23.4 Å². The quantitative estimate of drug-likeness (QED) is 0.868. The second-order valence-corrected chi connectivity index (χ2v) is 7.58. The lowest BCUT2D eigenvalue weighted by Gasteiger charge is -2.22. The SMILES string of the molecule is CCn1nc(C)cc1CC(NC)C1CCS(=O)(=O)C1.